The second-order valence-corrected chi connectivity index (χ2v) is 8.44. The lowest BCUT2D eigenvalue weighted by atomic mass is 9.68. The van der Waals surface area contributed by atoms with Crippen molar-refractivity contribution in [3.8, 4) is 11.9 Å². The molecule has 2 aromatic carbocycles. The highest BCUT2D eigenvalue weighted by Gasteiger charge is 2.37. The van der Waals surface area contributed by atoms with E-state index in [0.29, 0.717) is 23.8 Å². The van der Waals surface area contributed by atoms with E-state index >= 15 is 0 Å². The number of carbonyl (C=O) groups excluding carboxylic acids is 1. The molecule has 3 N–H and O–H groups in total. The van der Waals surface area contributed by atoms with Gasteiger partial charge in [0.1, 0.15) is 5.75 Å². The number of methoxy groups -OCH3 is 1. The summed E-state index contributed by atoms with van der Waals surface area (Å²) in [7, 11) is 1.57. The fourth-order valence-electron chi connectivity index (χ4n) is 4.46. The molecule has 0 aliphatic heterocycles. The summed E-state index contributed by atoms with van der Waals surface area (Å²) in [5.74, 6) is 0.983. The standard InChI is InChI=1S/C26H33N5O2/c1-3-17-28-25(30-19-27)31-21-13-15-26(16-14-21,20-9-5-4-6-10-20)18-29-24(32)22-11-7-8-12-23(22)33-2/h4-12,21H,3,13-18H2,1-2H3,(H,29,32)(H2,28,30,31)/t21-,26-. The molecule has 7 heteroatoms. The van der Waals surface area contributed by atoms with Gasteiger partial charge in [-0.1, -0.05) is 49.4 Å². The first-order valence-electron chi connectivity index (χ1n) is 11.6. The molecule has 3 rings (SSSR count). The molecule has 1 saturated carbocycles. The van der Waals surface area contributed by atoms with Gasteiger partial charge in [-0.25, -0.2) is 0 Å². The molecule has 0 unspecified atom stereocenters. The number of benzene rings is 2. The van der Waals surface area contributed by atoms with Gasteiger partial charge in [-0.05, 0) is 49.8 Å². The average molecular weight is 448 g/mol. The van der Waals surface area contributed by atoms with Crippen LogP contribution in [0.4, 0.5) is 0 Å². The van der Waals surface area contributed by atoms with Crippen molar-refractivity contribution in [1.82, 2.24) is 16.0 Å². The van der Waals surface area contributed by atoms with Crippen molar-refractivity contribution in [1.29, 1.82) is 5.26 Å². The van der Waals surface area contributed by atoms with Crippen molar-refractivity contribution in [2.45, 2.75) is 50.5 Å². The minimum absolute atomic E-state index is 0.129. The Hall–Kier alpha value is -3.53. The monoisotopic (exact) mass is 447 g/mol. The summed E-state index contributed by atoms with van der Waals surface area (Å²) in [5, 5.41) is 18.7. The molecule has 0 bridgehead atoms. The zero-order valence-electron chi connectivity index (χ0n) is 19.4. The van der Waals surface area contributed by atoms with E-state index in [2.05, 4.69) is 52.1 Å². The van der Waals surface area contributed by atoms with Gasteiger partial charge in [0, 0.05) is 24.5 Å². The van der Waals surface area contributed by atoms with Crippen LogP contribution in [-0.2, 0) is 5.41 Å². The van der Waals surface area contributed by atoms with Gasteiger partial charge in [0.05, 0.1) is 12.7 Å². The fraction of sp³-hybridized carbons (Fsp3) is 0.423. The van der Waals surface area contributed by atoms with Gasteiger partial charge in [0.15, 0.2) is 0 Å². The smallest absolute Gasteiger partial charge is 0.255 e. The highest BCUT2D eigenvalue weighted by molar-refractivity contribution is 5.97. The van der Waals surface area contributed by atoms with E-state index in [1.807, 2.05) is 24.4 Å². The molecule has 0 radical (unpaired) electrons. The fourth-order valence-corrected chi connectivity index (χ4v) is 4.46. The molecule has 1 amide bonds. The summed E-state index contributed by atoms with van der Waals surface area (Å²) in [6.07, 6.45) is 6.48. The highest BCUT2D eigenvalue weighted by atomic mass is 16.5. The lowest BCUT2D eigenvalue weighted by Gasteiger charge is -2.41. The van der Waals surface area contributed by atoms with Gasteiger partial charge < -0.3 is 20.7 Å². The number of nitrogens with zero attached hydrogens (tertiary/aromatic N) is 2. The Morgan fingerprint density at radius 2 is 1.82 bits per heavy atom. The van der Waals surface area contributed by atoms with E-state index in [9.17, 15) is 4.79 Å². The number of rotatable bonds is 8. The molecule has 1 aliphatic rings. The molecular weight excluding hydrogens is 414 g/mol. The number of aliphatic imine (C=N–C) groups is 1. The van der Waals surface area contributed by atoms with Crippen molar-refractivity contribution in [3.63, 3.8) is 0 Å². The summed E-state index contributed by atoms with van der Waals surface area (Å²) in [5.41, 5.74) is 1.62. The van der Waals surface area contributed by atoms with Crippen molar-refractivity contribution < 1.29 is 9.53 Å². The lowest BCUT2D eigenvalue weighted by molar-refractivity contribution is 0.0932. The van der Waals surface area contributed by atoms with Crippen molar-refractivity contribution in [3.05, 3.63) is 65.7 Å². The van der Waals surface area contributed by atoms with Gasteiger partial charge in [0.25, 0.3) is 5.91 Å². The quantitative estimate of drug-likeness (QED) is 0.325. The van der Waals surface area contributed by atoms with Crippen LogP contribution in [0.1, 0.15) is 54.9 Å². The predicted octanol–water partition coefficient (Wildman–Crippen LogP) is 3.73. The van der Waals surface area contributed by atoms with Crippen LogP contribution >= 0.6 is 0 Å². The van der Waals surface area contributed by atoms with Gasteiger partial charge in [-0.3, -0.25) is 4.79 Å². The SMILES string of the molecule is CCCN/C(=N/C#N)N[C@H]1CC[C@](CNC(=O)c2ccccc2OC)(c2ccccc2)CC1. The van der Waals surface area contributed by atoms with Crippen LogP contribution in [0.2, 0.25) is 0 Å². The van der Waals surface area contributed by atoms with E-state index in [0.717, 1.165) is 38.6 Å². The van der Waals surface area contributed by atoms with Gasteiger partial charge in [-0.2, -0.15) is 5.26 Å². The van der Waals surface area contributed by atoms with E-state index in [1.165, 1.54) is 5.56 Å². The number of nitrogens with one attached hydrogen (secondary N) is 3. The molecular formula is C26H33N5O2. The third kappa shape index (κ3) is 6.26. The Bertz CT molecular complexity index is 976. The summed E-state index contributed by atoms with van der Waals surface area (Å²) in [6.45, 7) is 3.39. The molecule has 1 aliphatic carbocycles. The van der Waals surface area contributed by atoms with E-state index in [4.69, 9.17) is 10.00 Å². The van der Waals surface area contributed by atoms with Crippen LogP contribution < -0.4 is 20.7 Å². The Morgan fingerprint density at radius 1 is 1.12 bits per heavy atom. The molecule has 33 heavy (non-hydrogen) atoms. The molecule has 0 aromatic heterocycles. The maximum Gasteiger partial charge on any atom is 0.255 e. The number of hydrogen-bond acceptors (Lipinski definition) is 4. The van der Waals surface area contributed by atoms with Crippen molar-refractivity contribution >= 4 is 11.9 Å². The molecule has 2 aromatic rings. The second-order valence-electron chi connectivity index (χ2n) is 8.44. The molecule has 0 spiro atoms. The first-order chi connectivity index (χ1) is 16.1. The predicted molar refractivity (Wildman–Crippen MR) is 130 cm³/mol. The Labute approximate surface area is 196 Å². The van der Waals surface area contributed by atoms with Crippen LogP contribution in [0.5, 0.6) is 5.75 Å². The van der Waals surface area contributed by atoms with Gasteiger partial charge in [0.2, 0.25) is 12.2 Å². The van der Waals surface area contributed by atoms with Crippen molar-refractivity contribution in [2.24, 2.45) is 4.99 Å². The Morgan fingerprint density at radius 3 is 2.48 bits per heavy atom. The van der Waals surface area contributed by atoms with Crippen molar-refractivity contribution in [2.75, 3.05) is 20.2 Å². The Balaban J connectivity index is 1.71. The minimum Gasteiger partial charge on any atom is -0.496 e. The minimum atomic E-state index is -0.152. The lowest BCUT2D eigenvalue weighted by Crippen LogP contribution is -2.49. The number of carbonyl (C=O) groups is 1. The first-order valence-corrected chi connectivity index (χ1v) is 11.6. The topological polar surface area (TPSA) is 98.5 Å². The van der Waals surface area contributed by atoms with Crippen LogP contribution in [0.3, 0.4) is 0 Å². The summed E-state index contributed by atoms with van der Waals surface area (Å²) < 4.78 is 5.36. The van der Waals surface area contributed by atoms with Crippen LogP contribution in [0, 0.1) is 11.5 Å². The average Bonchev–Trinajstić information content (AvgIpc) is 2.87. The maximum absolute atomic E-state index is 13.0. The number of ether oxygens (including phenoxy) is 1. The normalized spacial score (nSPS) is 20.4. The van der Waals surface area contributed by atoms with Crippen LogP contribution in [0.15, 0.2) is 59.6 Å². The van der Waals surface area contributed by atoms with E-state index in [-0.39, 0.29) is 17.4 Å². The number of amides is 1. The number of hydrogen-bond donors (Lipinski definition) is 3. The van der Waals surface area contributed by atoms with Crippen LogP contribution in [-0.4, -0.2) is 38.1 Å². The number of guanidine groups is 1. The second kappa shape index (κ2) is 11.9. The zero-order chi connectivity index (χ0) is 23.5. The third-order valence-electron chi connectivity index (χ3n) is 6.31. The van der Waals surface area contributed by atoms with Gasteiger partial charge in [-0.15, -0.1) is 4.99 Å². The molecule has 0 heterocycles. The first kappa shape index (κ1) is 24.1. The van der Waals surface area contributed by atoms with Crippen LogP contribution in [0.25, 0.3) is 0 Å². The Kier molecular flexibility index (Phi) is 8.71. The van der Waals surface area contributed by atoms with E-state index < -0.39 is 0 Å². The zero-order valence-corrected chi connectivity index (χ0v) is 19.4. The molecule has 0 saturated heterocycles. The van der Waals surface area contributed by atoms with E-state index in [1.54, 1.807) is 19.2 Å². The third-order valence-corrected chi connectivity index (χ3v) is 6.31. The summed E-state index contributed by atoms with van der Waals surface area (Å²) >= 11 is 0. The summed E-state index contributed by atoms with van der Waals surface area (Å²) in [4.78, 5) is 16.9. The molecule has 7 nitrogen and oxygen atoms in total. The number of para-hydroxylation sites is 1. The highest BCUT2D eigenvalue weighted by Crippen LogP contribution is 2.39. The molecule has 0 atom stereocenters. The molecule has 174 valence electrons. The maximum atomic E-state index is 13.0. The van der Waals surface area contributed by atoms with Gasteiger partial charge >= 0.3 is 0 Å². The molecule has 1 fully saturated rings. The largest absolute Gasteiger partial charge is 0.496 e. The summed E-state index contributed by atoms with van der Waals surface area (Å²) in [6, 6.07) is 17.9. The number of nitriles is 1.